The van der Waals surface area contributed by atoms with Crippen molar-refractivity contribution in [1.29, 1.82) is 0 Å². The van der Waals surface area contributed by atoms with Crippen LogP contribution in [0.3, 0.4) is 0 Å². The Kier molecular flexibility index (Phi) is 5.26. The lowest BCUT2D eigenvalue weighted by molar-refractivity contribution is 0.240. The highest BCUT2D eigenvalue weighted by molar-refractivity contribution is 5.44. The van der Waals surface area contributed by atoms with Crippen LogP contribution in [0.5, 0.6) is 5.75 Å². The molecule has 0 saturated carbocycles. The van der Waals surface area contributed by atoms with Crippen molar-refractivity contribution in [3.05, 3.63) is 101 Å². The topological polar surface area (TPSA) is 12.5 Å². The van der Waals surface area contributed by atoms with E-state index in [0.29, 0.717) is 12.0 Å². The normalized spacial score (nSPS) is 19.9. The molecule has 1 heterocycles. The molecule has 0 aromatic heterocycles. The molecule has 1 aliphatic rings. The predicted molar refractivity (Wildman–Crippen MR) is 112 cm³/mol. The van der Waals surface area contributed by atoms with Gasteiger partial charge in [0.05, 0.1) is 7.11 Å². The monoisotopic (exact) mass is 357 g/mol. The van der Waals surface area contributed by atoms with E-state index in [9.17, 15) is 0 Å². The minimum Gasteiger partial charge on any atom is -0.497 e. The van der Waals surface area contributed by atoms with E-state index >= 15 is 0 Å². The molecular formula is C25H27NO. The number of nitrogens with zero attached hydrogens (tertiary/aromatic N) is 1. The highest BCUT2D eigenvalue weighted by Gasteiger charge is 2.28. The molecule has 138 valence electrons. The van der Waals surface area contributed by atoms with Gasteiger partial charge in [0.2, 0.25) is 0 Å². The van der Waals surface area contributed by atoms with E-state index < -0.39 is 0 Å². The van der Waals surface area contributed by atoms with Gasteiger partial charge in [0.1, 0.15) is 5.75 Å². The van der Waals surface area contributed by atoms with Gasteiger partial charge in [-0.2, -0.15) is 0 Å². The van der Waals surface area contributed by atoms with Gasteiger partial charge >= 0.3 is 0 Å². The number of ether oxygens (including phenoxy) is 1. The SMILES string of the molecule is COc1ccc2c(c1)[C@H](c1ccccc1)CN(C)[C@H](Cc1ccccc1)C2. The van der Waals surface area contributed by atoms with Crippen LogP contribution in [0.2, 0.25) is 0 Å². The molecule has 0 unspecified atom stereocenters. The van der Waals surface area contributed by atoms with E-state index in [1.807, 2.05) is 0 Å². The van der Waals surface area contributed by atoms with Crippen LogP contribution < -0.4 is 4.74 Å². The first-order valence-corrected chi connectivity index (χ1v) is 9.70. The zero-order chi connectivity index (χ0) is 18.6. The minimum atomic E-state index is 0.363. The number of hydrogen-bond donors (Lipinski definition) is 0. The zero-order valence-electron chi connectivity index (χ0n) is 16.1. The van der Waals surface area contributed by atoms with Crippen LogP contribution in [0.1, 0.15) is 28.2 Å². The molecule has 0 N–H and O–H groups in total. The first-order chi connectivity index (χ1) is 13.2. The first-order valence-electron chi connectivity index (χ1n) is 9.70. The van der Waals surface area contributed by atoms with Crippen LogP contribution >= 0.6 is 0 Å². The molecule has 0 amide bonds. The van der Waals surface area contributed by atoms with Crippen molar-refractivity contribution in [2.75, 3.05) is 20.7 Å². The number of likely N-dealkylation sites (N-methyl/N-ethyl adjacent to an activating group) is 1. The highest BCUT2D eigenvalue weighted by atomic mass is 16.5. The summed E-state index contributed by atoms with van der Waals surface area (Å²) in [6, 6.07) is 28.8. The van der Waals surface area contributed by atoms with Crippen molar-refractivity contribution in [1.82, 2.24) is 4.90 Å². The van der Waals surface area contributed by atoms with Crippen molar-refractivity contribution >= 4 is 0 Å². The first kappa shape index (κ1) is 17.8. The second-order valence-electron chi connectivity index (χ2n) is 7.52. The fourth-order valence-corrected chi connectivity index (χ4v) is 4.24. The smallest absolute Gasteiger partial charge is 0.119 e. The predicted octanol–water partition coefficient (Wildman–Crippen LogP) is 4.93. The summed E-state index contributed by atoms with van der Waals surface area (Å²) >= 11 is 0. The molecule has 2 nitrogen and oxygen atoms in total. The maximum atomic E-state index is 5.54. The molecule has 0 bridgehead atoms. The Labute approximate surface area is 162 Å². The molecule has 2 atom stereocenters. The lowest BCUT2D eigenvalue weighted by Gasteiger charge is -2.28. The molecule has 0 fully saturated rings. The number of rotatable bonds is 4. The van der Waals surface area contributed by atoms with Gasteiger partial charge in [-0.15, -0.1) is 0 Å². The van der Waals surface area contributed by atoms with Crippen molar-refractivity contribution in [2.45, 2.75) is 24.8 Å². The van der Waals surface area contributed by atoms with Crippen LogP contribution in [0, 0.1) is 0 Å². The Morgan fingerprint density at radius 1 is 0.926 bits per heavy atom. The van der Waals surface area contributed by atoms with E-state index in [-0.39, 0.29) is 0 Å². The van der Waals surface area contributed by atoms with Gasteiger partial charge in [-0.1, -0.05) is 66.7 Å². The summed E-state index contributed by atoms with van der Waals surface area (Å²) in [5.74, 6) is 1.31. The largest absolute Gasteiger partial charge is 0.497 e. The third-order valence-electron chi connectivity index (χ3n) is 5.79. The summed E-state index contributed by atoms with van der Waals surface area (Å²) in [5.41, 5.74) is 5.62. The maximum Gasteiger partial charge on any atom is 0.119 e. The minimum absolute atomic E-state index is 0.363. The molecule has 0 radical (unpaired) electrons. The summed E-state index contributed by atoms with van der Waals surface area (Å²) in [7, 11) is 4.02. The standard InChI is InChI=1S/C25H27NO/c1-26-18-25(20-11-7-4-8-12-20)24-17-23(27-2)14-13-21(24)16-22(26)15-19-9-5-3-6-10-19/h3-14,17,22,25H,15-16,18H2,1-2H3/t22-,25+/m1/s1. The lowest BCUT2D eigenvalue weighted by Crippen LogP contribution is -2.36. The third kappa shape index (κ3) is 3.91. The van der Waals surface area contributed by atoms with Crippen molar-refractivity contribution in [2.24, 2.45) is 0 Å². The summed E-state index contributed by atoms with van der Waals surface area (Å²) in [6.45, 7) is 1.02. The second-order valence-corrected chi connectivity index (χ2v) is 7.52. The fraction of sp³-hybridized carbons (Fsp3) is 0.280. The Morgan fingerprint density at radius 3 is 2.33 bits per heavy atom. The van der Waals surface area contributed by atoms with Crippen LogP contribution in [-0.2, 0) is 12.8 Å². The van der Waals surface area contributed by atoms with E-state index in [1.54, 1.807) is 7.11 Å². The van der Waals surface area contributed by atoms with Crippen molar-refractivity contribution in [3.63, 3.8) is 0 Å². The van der Waals surface area contributed by atoms with Crippen LogP contribution in [-0.4, -0.2) is 31.6 Å². The molecule has 0 aliphatic carbocycles. The van der Waals surface area contributed by atoms with Crippen molar-refractivity contribution in [3.8, 4) is 5.75 Å². The van der Waals surface area contributed by atoms with Gasteiger partial charge in [-0.25, -0.2) is 0 Å². The highest BCUT2D eigenvalue weighted by Crippen LogP contribution is 2.35. The van der Waals surface area contributed by atoms with Gasteiger partial charge in [0.15, 0.2) is 0 Å². The zero-order valence-corrected chi connectivity index (χ0v) is 16.1. The summed E-state index contributed by atoms with van der Waals surface area (Å²) in [6.07, 6.45) is 2.14. The van der Waals surface area contributed by atoms with Crippen LogP contribution in [0.15, 0.2) is 78.9 Å². The molecule has 0 saturated heterocycles. The van der Waals surface area contributed by atoms with Crippen molar-refractivity contribution < 1.29 is 4.74 Å². The van der Waals surface area contributed by atoms with E-state index in [1.165, 1.54) is 22.3 Å². The Morgan fingerprint density at radius 2 is 1.63 bits per heavy atom. The van der Waals surface area contributed by atoms with Crippen LogP contribution in [0.25, 0.3) is 0 Å². The summed E-state index contributed by atoms with van der Waals surface area (Å²) < 4.78 is 5.54. The third-order valence-corrected chi connectivity index (χ3v) is 5.79. The molecule has 2 heteroatoms. The molecule has 4 rings (SSSR count). The molecule has 3 aromatic carbocycles. The molecule has 0 spiro atoms. The lowest BCUT2D eigenvalue weighted by atomic mass is 9.87. The Hall–Kier alpha value is -2.58. The van der Waals surface area contributed by atoms with Gasteiger partial charge < -0.3 is 9.64 Å². The van der Waals surface area contributed by atoms with E-state index in [2.05, 4.69) is 90.8 Å². The molecule has 3 aromatic rings. The maximum absolute atomic E-state index is 5.54. The van der Waals surface area contributed by atoms with Gasteiger partial charge in [-0.3, -0.25) is 0 Å². The average Bonchev–Trinajstić information content (AvgIpc) is 2.86. The van der Waals surface area contributed by atoms with E-state index in [4.69, 9.17) is 4.74 Å². The number of fused-ring (bicyclic) bond motifs is 1. The van der Waals surface area contributed by atoms with Gasteiger partial charge in [0, 0.05) is 18.5 Å². The quantitative estimate of drug-likeness (QED) is 0.657. The molecular weight excluding hydrogens is 330 g/mol. The van der Waals surface area contributed by atoms with Crippen LogP contribution in [0.4, 0.5) is 0 Å². The second kappa shape index (κ2) is 7.98. The average molecular weight is 357 g/mol. The molecule has 1 aliphatic heterocycles. The van der Waals surface area contributed by atoms with Gasteiger partial charge in [0.25, 0.3) is 0 Å². The van der Waals surface area contributed by atoms with E-state index in [0.717, 1.165) is 25.1 Å². The Balaban J connectivity index is 1.72. The Bertz CT molecular complexity index is 875. The molecule has 27 heavy (non-hydrogen) atoms. The number of hydrogen-bond acceptors (Lipinski definition) is 2. The van der Waals surface area contributed by atoms with Gasteiger partial charge in [-0.05, 0) is 54.3 Å². The number of methoxy groups -OCH3 is 1. The summed E-state index contributed by atoms with van der Waals surface area (Å²) in [5, 5.41) is 0. The fourth-order valence-electron chi connectivity index (χ4n) is 4.24. The number of benzene rings is 3. The summed E-state index contributed by atoms with van der Waals surface area (Å²) in [4.78, 5) is 2.54.